The van der Waals surface area contributed by atoms with Gasteiger partial charge in [0.2, 0.25) is 0 Å². The second-order valence-corrected chi connectivity index (χ2v) is 8.42. The van der Waals surface area contributed by atoms with Crippen LogP contribution in [-0.4, -0.2) is 15.3 Å². The molecule has 1 N–H and O–H groups in total. The Labute approximate surface area is 155 Å². The van der Waals surface area contributed by atoms with Crippen molar-refractivity contribution >= 4 is 61.4 Å². The normalized spacial score (nSPS) is 12.4. The number of hydrogen-bond acceptors (Lipinski definition) is 3. The maximum Gasteiger partial charge on any atom is 0.307 e. The van der Waals surface area contributed by atoms with Crippen LogP contribution in [0.3, 0.4) is 0 Å². The van der Waals surface area contributed by atoms with Crippen molar-refractivity contribution in [2.24, 2.45) is 0 Å². The fourth-order valence-corrected chi connectivity index (χ4v) is 5.17. The van der Waals surface area contributed by atoms with Crippen molar-refractivity contribution in [1.82, 2.24) is 0 Å². The Morgan fingerprint density at radius 3 is 2.62 bits per heavy atom. The van der Waals surface area contributed by atoms with Crippen LogP contribution in [0.5, 0.6) is 0 Å². The molecule has 24 heavy (non-hydrogen) atoms. The lowest BCUT2D eigenvalue weighted by molar-refractivity contribution is -0.136. The minimum Gasteiger partial charge on any atom is -0.481 e. The molecule has 1 aromatic heterocycles. The molecular weight excluding hydrogens is 387 g/mol. The number of fused-ring (bicyclic) bond motifs is 1. The van der Waals surface area contributed by atoms with Crippen LogP contribution in [0.25, 0.3) is 10.1 Å². The highest BCUT2D eigenvalue weighted by Gasteiger charge is 2.12. The van der Waals surface area contributed by atoms with E-state index in [0.29, 0.717) is 20.7 Å². The second kappa shape index (κ2) is 7.23. The van der Waals surface area contributed by atoms with Crippen LogP contribution in [0.4, 0.5) is 0 Å². The summed E-state index contributed by atoms with van der Waals surface area (Å²) in [5, 5.41) is 12.7. The number of benzene rings is 2. The highest BCUT2D eigenvalue weighted by Crippen LogP contribution is 2.30. The van der Waals surface area contributed by atoms with E-state index in [4.69, 9.17) is 28.3 Å². The molecule has 1 atom stereocenters. The molecular formula is C17H12Cl2O3S2. The smallest absolute Gasteiger partial charge is 0.307 e. The van der Waals surface area contributed by atoms with Crippen LogP contribution in [0.15, 0.2) is 46.7 Å². The van der Waals surface area contributed by atoms with Crippen LogP contribution < -0.4 is 0 Å². The van der Waals surface area contributed by atoms with E-state index in [-0.39, 0.29) is 6.42 Å². The van der Waals surface area contributed by atoms with Gasteiger partial charge in [0.15, 0.2) is 0 Å². The second-order valence-electron chi connectivity index (χ2n) is 5.22. The first-order chi connectivity index (χ1) is 11.4. The van der Waals surface area contributed by atoms with Crippen LogP contribution in [0.1, 0.15) is 11.1 Å². The van der Waals surface area contributed by atoms with Gasteiger partial charge in [-0.05, 0) is 46.2 Å². The molecule has 0 aliphatic heterocycles. The number of halogens is 2. The summed E-state index contributed by atoms with van der Waals surface area (Å²) in [6, 6.07) is 10.6. The van der Waals surface area contributed by atoms with Gasteiger partial charge in [-0.1, -0.05) is 35.3 Å². The molecule has 0 bridgehead atoms. The van der Waals surface area contributed by atoms with Gasteiger partial charge in [0.1, 0.15) is 0 Å². The fraction of sp³-hybridized carbons (Fsp3) is 0.118. The molecule has 0 saturated carbocycles. The number of carboxylic acids is 1. The molecule has 0 fully saturated rings. The van der Waals surface area contributed by atoms with Crippen LogP contribution in [0, 0.1) is 0 Å². The minimum atomic E-state index is -1.25. The predicted molar refractivity (Wildman–Crippen MR) is 99.7 cm³/mol. The molecule has 0 radical (unpaired) electrons. The summed E-state index contributed by atoms with van der Waals surface area (Å²) < 4.78 is 13.5. The lowest BCUT2D eigenvalue weighted by atomic mass is 10.1. The largest absolute Gasteiger partial charge is 0.481 e. The molecule has 0 saturated heterocycles. The van der Waals surface area contributed by atoms with Crippen molar-refractivity contribution in [3.63, 3.8) is 0 Å². The van der Waals surface area contributed by atoms with Crippen molar-refractivity contribution in [1.29, 1.82) is 0 Å². The summed E-state index contributed by atoms with van der Waals surface area (Å²) in [5.41, 5.74) is 1.55. The Kier molecular flexibility index (Phi) is 5.25. The number of carboxylic acid groups (broad SMARTS) is 1. The third kappa shape index (κ3) is 3.81. The highest BCUT2D eigenvalue weighted by molar-refractivity contribution is 7.84. The van der Waals surface area contributed by atoms with E-state index in [9.17, 15) is 9.00 Å². The average molecular weight is 399 g/mol. The van der Waals surface area contributed by atoms with Crippen molar-refractivity contribution in [2.75, 3.05) is 0 Å². The van der Waals surface area contributed by atoms with Gasteiger partial charge in [0.25, 0.3) is 0 Å². The van der Waals surface area contributed by atoms with Crippen LogP contribution in [0.2, 0.25) is 10.0 Å². The highest BCUT2D eigenvalue weighted by atomic mass is 35.5. The van der Waals surface area contributed by atoms with E-state index in [1.165, 1.54) is 11.3 Å². The molecule has 1 unspecified atom stereocenters. The Hall–Kier alpha value is -1.40. The van der Waals surface area contributed by atoms with E-state index in [2.05, 4.69) is 0 Å². The standard InChI is InChI=1S/C17H12Cl2O3S2/c18-12-2-1-10(15(19)6-12)9-24(22)13-3-4-14-11(5-17(20)21)8-23-16(14)7-13/h1-4,6-8H,5,9H2,(H,20,21). The van der Waals surface area contributed by atoms with Gasteiger partial charge in [0.05, 0.1) is 23.0 Å². The van der Waals surface area contributed by atoms with Crippen molar-refractivity contribution in [3.05, 3.63) is 63.0 Å². The van der Waals surface area contributed by atoms with Crippen LogP contribution >= 0.6 is 34.5 Å². The molecule has 0 spiro atoms. The summed E-state index contributed by atoms with van der Waals surface area (Å²) >= 11 is 13.5. The van der Waals surface area contributed by atoms with Gasteiger partial charge >= 0.3 is 5.97 Å². The molecule has 7 heteroatoms. The fourth-order valence-electron chi connectivity index (χ4n) is 2.37. The Balaban J connectivity index is 1.86. The van der Waals surface area contributed by atoms with E-state index >= 15 is 0 Å². The molecule has 0 aliphatic carbocycles. The molecule has 0 aliphatic rings. The third-order valence-corrected chi connectivity index (χ3v) is 6.47. The Morgan fingerprint density at radius 1 is 1.12 bits per heavy atom. The number of aliphatic carboxylic acids is 1. The Morgan fingerprint density at radius 2 is 1.92 bits per heavy atom. The van der Waals surface area contributed by atoms with Crippen molar-refractivity contribution < 1.29 is 14.1 Å². The summed E-state index contributed by atoms with van der Waals surface area (Å²) in [6.07, 6.45) is -0.0111. The number of carbonyl (C=O) groups is 1. The zero-order valence-corrected chi connectivity index (χ0v) is 15.4. The van der Waals surface area contributed by atoms with Gasteiger partial charge in [-0.25, -0.2) is 0 Å². The first-order valence-corrected chi connectivity index (χ1v) is 9.93. The summed E-state index contributed by atoms with van der Waals surface area (Å²) in [5.74, 6) is -0.561. The van der Waals surface area contributed by atoms with Gasteiger partial charge in [-0.3, -0.25) is 9.00 Å². The number of hydrogen-bond donors (Lipinski definition) is 1. The quantitative estimate of drug-likeness (QED) is 0.646. The maximum absolute atomic E-state index is 12.6. The lowest BCUT2D eigenvalue weighted by Crippen LogP contribution is -1.99. The van der Waals surface area contributed by atoms with Crippen molar-refractivity contribution in [3.8, 4) is 0 Å². The van der Waals surface area contributed by atoms with E-state index in [1.807, 2.05) is 17.5 Å². The summed E-state index contributed by atoms with van der Waals surface area (Å²) in [7, 11) is -1.25. The number of rotatable bonds is 5. The zero-order valence-electron chi connectivity index (χ0n) is 12.3. The van der Waals surface area contributed by atoms with Gasteiger partial charge in [-0.2, -0.15) is 0 Å². The lowest BCUT2D eigenvalue weighted by Gasteiger charge is -2.06. The molecule has 2 aromatic carbocycles. The molecule has 3 aromatic rings. The molecule has 124 valence electrons. The first-order valence-electron chi connectivity index (χ1n) is 6.98. The molecule has 3 nitrogen and oxygen atoms in total. The summed E-state index contributed by atoms with van der Waals surface area (Å²) in [4.78, 5) is 11.6. The molecule has 3 rings (SSSR count). The maximum atomic E-state index is 12.6. The van der Waals surface area contributed by atoms with E-state index < -0.39 is 16.8 Å². The predicted octanol–water partition coefficient (Wildman–Crippen LogP) is 5.14. The van der Waals surface area contributed by atoms with Crippen molar-refractivity contribution in [2.45, 2.75) is 17.1 Å². The van der Waals surface area contributed by atoms with Gasteiger partial charge in [-0.15, -0.1) is 11.3 Å². The molecule has 1 heterocycles. The third-order valence-electron chi connectivity index (χ3n) is 3.53. The van der Waals surface area contributed by atoms with E-state index in [1.54, 1.807) is 24.3 Å². The first kappa shape index (κ1) is 17.4. The topological polar surface area (TPSA) is 54.4 Å². The Bertz CT molecular complexity index is 950. The molecule has 0 amide bonds. The summed E-state index contributed by atoms with van der Waals surface area (Å²) in [6.45, 7) is 0. The van der Waals surface area contributed by atoms with Crippen LogP contribution in [-0.2, 0) is 27.8 Å². The average Bonchev–Trinajstić information content (AvgIpc) is 2.91. The van der Waals surface area contributed by atoms with Gasteiger partial charge < -0.3 is 5.11 Å². The van der Waals surface area contributed by atoms with Gasteiger partial charge in [0, 0.05) is 19.6 Å². The SMILES string of the molecule is O=C(O)Cc1csc2cc(S(=O)Cc3ccc(Cl)cc3Cl)ccc12. The minimum absolute atomic E-state index is 0.0111. The zero-order chi connectivity index (χ0) is 17.3. The van der Waals surface area contributed by atoms with E-state index in [0.717, 1.165) is 21.2 Å². The monoisotopic (exact) mass is 398 g/mol. The number of thiophene rings is 1.